The van der Waals surface area contributed by atoms with E-state index >= 15 is 0 Å². The van der Waals surface area contributed by atoms with Crippen molar-refractivity contribution in [2.75, 3.05) is 23.0 Å². The minimum Gasteiger partial charge on any atom is -2.00 e. The van der Waals surface area contributed by atoms with Gasteiger partial charge in [-0.3, -0.25) is 0 Å². The maximum atomic E-state index is 4.71. The molecule has 0 heterocycles. The summed E-state index contributed by atoms with van der Waals surface area (Å²) >= 11 is 11.3. The molecule has 0 amide bonds. The van der Waals surface area contributed by atoms with E-state index in [1.54, 1.807) is 0 Å². The maximum absolute atomic E-state index is 4.71. The second kappa shape index (κ2) is 22.5. The minimum atomic E-state index is 0. The fourth-order valence-corrected chi connectivity index (χ4v) is 1.37. The molecule has 0 aromatic rings. The third-order valence-corrected chi connectivity index (χ3v) is 2.37. The molecular formula is C4H8BrOReS3-5. The van der Waals surface area contributed by atoms with Crippen molar-refractivity contribution in [1.29, 1.82) is 0 Å². The van der Waals surface area contributed by atoms with Gasteiger partial charge in [0.05, 0.1) is 0 Å². The Hall–Kier alpha value is 2.15. The predicted octanol–water partition coefficient (Wildman–Crippen LogP) is -2.30. The summed E-state index contributed by atoms with van der Waals surface area (Å²) in [6.07, 6.45) is 0. The number of hydrogen-bond donors (Lipinski definition) is 0. The average molecular weight is 434 g/mol. The molecule has 0 aliphatic carbocycles. The molecule has 1 radical (unpaired) electrons. The van der Waals surface area contributed by atoms with Crippen LogP contribution in [0.2, 0.25) is 0 Å². The standard InChI is InChI=1S/C4H10S3.BrH.O.Re/c5-1-3-7-4-2-6;;;/h5-6H,1-4H2;1H;;/q;;-2;/p-3. The van der Waals surface area contributed by atoms with Crippen LogP contribution in [0.25, 0.3) is 0 Å². The molecular weight excluding hydrogens is 426 g/mol. The van der Waals surface area contributed by atoms with Crippen molar-refractivity contribution in [2.24, 2.45) is 0 Å². The van der Waals surface area contributed by atoms with Crippen molar-refractivity contribution in [1.82, 2.24) is 0 Å². The first-order valence-electron chi connectivity index (χ1n) is 2.15. The second-order valence-electron chi connectivity index (χ2n) is 1.02. The van der Waals surface area contributed by atoms with Gasteiger partial charge < -0.3 is 47.7 Å². The topological polar surface area (TPSA) is 28.5 Å². The van der Waals surface area contributed by atoms with Crippen molar-refractivity contribution >= 4 is 37.0 Å². The number of hydrogen-bond acceptors (Lipinski definition) is 3. The van der Waals surface area contributed by atoms with Crippen LogP contribution in [0.1, 0.15) is 0 Å². The molecule has 10 heavy (non-hydrogen) atoms. The summed E-state index contributed by atoms with van der Waals surface area (Å²) in [5.41, 5.74) is 0. The zero-order valence-corrected chi connectivity index (χ0v) is 12.0. The van der Waals surface area contributed by atoms with Crippen molar-refractivity contribution < 1.29 is 42.9 Å². The van der Waals surface area contributed by atoms with Gasteiger partial charge in [-0.2, -0.15) is 23.3 Å². The Morgan fingerprint density at radius 1 is 1.00 bits per heavy atom. The van der Waals surface area contributed by atoms with E-state index in [-0.39, 0.29) is 42.9 Å². The molecule has 67 valence electrons. The quantitative estimate of drug-likeness (QED) is 0.368. The molecule has 0 aliphatic heterocycles. The average Bonchev–Trinajstić information content (AvgIpc) is 1.69. The third kappa shape index (κ3) is 22.5. The van der Waals surface area contributed by atoms with Crippen molar-refractivity contribution in [3.05, 3.63) is 0 Å². The molecule has 0 spiro atoms. The van der Waals surface area contributed by atoms with Crippen LogP contribution in [-0.2, 0) is 51.2 Å². The Labute approximate surface area is 102 Å². The van der Waals surface area contributed by atoms with Gasteiger partial charge in [-0.15, -0.1) is 0 Å². The second-order valence-corrected chi connectivity index (χ2v) is 3.06. The first-order valence-corrected chi connectivity index (χ1v) is 4.46. The molecule has 0 atom stereocenters. The van der Waals surface area contributed by atoms with Crippen molar-refractivity contribution in [3.63, 3.8) is 0 Å². The summed E-state index contributed by atoms with van der Waals surface area (Å²) in [7, 11) is 0. The van der Waals surface area contributed by atoms with Crippen LogP contribution in [-0.4, -0.2) is 23.0 Å². The van der Waals surface area contributed by atoms with Crippen LogP contribution < -0.4 is 17.0 Å². The molecule has 0 aromatic heterocycles. The van der Waals surface area contributed by atoms with Gasteiger partial charge in [-0.1, -0.05) is 0 Å². The van der Waals surface area contributed by atoms with E-state index < -0.39 is 0 Å². The Kier molecular flexibility index (Phi) is 51.1. The zero-order chi connectivity index (χ0) is 5.54. The predicted molar refractivity (Wildman–Crippen MR) is 42.5 cm³/mol. The Balaban J connectivity index is -0.0000000600. The van der Waals surface area contributed by atoms with Gasteiger partial charge in [0.25, 0.3) is 0 Å². The van der Waals surface area contributed by atoms with Crippen LogP contribution in [0.4, 0.5) is 0 Å². The Morgan fingerprint density at radius 2 is 1.30 bits per heavy atom. The summed E-state index contributed by atoms with van der Waals surface area (Å²) in [6.45, 7) is 0. The normalized spacial score (nSPS) is 6.60. The molecule has 0 bridgehead atoms. The van der Waals surface area contributed by atoms with Gasteiger partial charge >= 0.3 is 0 Å². The van der Waals surface area contributed by atoms with Crippen molar-refractivity contribution in [3.8, 4) is 0 Å². The monoisotopic (exact) mass is 434 g/mol. The smallest absolute Gasteiger partial charge is 0 e. The van der Waals surface area contributed by atoms with Gasteiger partial charge in [0.2, 0.25) is 0 Å². The molecule has 0 rings (SSSR count). The summed E-state index contributed by atoms with van der Waals surface area (Å²) in [5.74, 6) is 3.90. The molecule has 0 aliphatic rings. The number of thioether (sulfide) groups is 1. The summed E-state index contributed by atoms with van der Waals surface area (Å²) in [4.78, 5) is 0. The molecule has 0 N–H and O–H groups in total. The van der Waals surface area contributed by atoms with E-state index in [1.165, 1.54) is 0 Å². The minimum absolute atomic E-state index is 0. The zero-order valence-electron chi connectivity index (χ0n) is 5.22. The first-order chi connectivity index (χ1) is 3.41. The number of halogens is 1. The van der Waals surface area contributed by atoms with Crippen LogP contribution in [0.5, 0.6) is 0 Å². The van der Waals surface area contributed by atoms with Crippen LogP contribution in [0.15, 0.2) is 0 Å². The fourth-order valence-electron chi connectivity index (χ4n) is 0.220. The van der Waals surface area contributed by atoms with Gasteiger partial charge in [0, 0.05) is 20.4 Å². The summed E-state index contributed by atoms with van der Waals surface area (Å²) < 4.78 is 0. The summed E-state index contributed by atoms with van der Waals surface area (Å²) in [5, 5.41) is 0. The molecule has 1 nitrogen and oxygen atoms in total. The molecule has 0 fully saturated rings. The van der Waals surface area contributed by atoms with Crippen molar-refractivity contribution in [2.45, 2.75) is 0 Å². The Morgan fingerprint density at radius 3 is 1.50 bits per heavy atom. The van der Waals surface area contributed by atoms with Crippen LogP contribution in [0, 0.1) is 0 Å². The largest absolute Gasteiger partial charge is 2.00 e. The van der Waals surface area contributed by atoms with Crippen LogP contribution >= 0.6 is 11.8 Å². The van der Waals surface area contributed by atoms with Gasteiger partial charge in [0.1, 0.15) is 0 Å². The van der Waals surface area contributed by atoms with E-state index in [0.717, 1.165) is 23.0 Å². The molecule has 0 unspecified atom stereocenters. The van der Waals surface area contributed by atoms with E-state index in [4.69, 9.17) is 25.3 Å². The first kappa shape index (κ1) is 22.7. The van der Waals surface area contributed by atoms with E-state index in [0.29, 0.717) is 0 Å². The Bertz CT molecular complexity index is 39.7. The van der Waals surface area contributed by atoms with Gasteiger partial charge in [-0.05, 0) is 11.5 Å². The van der Waals surface area contributed by atoms with Gasteiger partial charge in [0.15, 0.2) is 0 Å². The molecule has 0 saturated heterocycles. The van der Waals surface area contributed by atoms with Crippen LogP contribution in [0.3, 0.4) is 0 Å². The summed E-state index contributed by atoms with van der Waals surface area (Å²) in [6, 6.07) is 0. The maximum Gasteiger partial charge on any atom is 0 e. The van der Waals surface area contributed by atoms with E-state index in [1.807, 2.05) is 11.8 Å². The fraction of sp³-hybridized carbons (Fsp3) is 1.00. The molecule has 6 heteroatoms. The molecule has 0 saturated carbocycles. The SMILES string of the molecule is [Br-].[O-2].[Re].[S-]CCSCC[S-]. The van der Waals surface area contributed by atoms with E-state index in [9.17, 15) is 0 Å². The number of rotatable bonds is 4. The van der Waals surface area contributed by atoms with Gasteiger partial charge in [-0.25, -0.2) is 0 Å². The molecule has 0 aromatic carbocycles. The third-order valence-electron chi connectivity index (χ3n) is 0.455. The van der Waals surface area contributed by atoms with E-state index in [2.05, 4.69) is 0 Å².